The number of alkyl halides is 3. The lowest BCUT2D eigenvalue weighted by Crippen LogP contribution is -2.21. The van der Waals surface area contributed by atoms with Crippen molar-refractivity contribution in [2.24, 2.45) is 5.73 Å². The molecule has 0 aliphatic heterocycles. The van der Waals surface area contributed by atoms with Crippen LogP contribution in [-0.4, -0.2) is 37.5 Å². The van der Waals surface area contributed by atoms with Gasteiger partial charge in [-0.1, -0.05) is 24.3 Å². The Morgan fingerprint density at radius 3 is 2.35 bits per heavy atom. The molecule has 0 saturated heterocycles. The molecule has 3 rings (SSSR count). The minimum atomic E-state index is -5.08. The molecule has 0 radical (unpaired) electrons. The fourth-order valence-corrected chi connectivity index (χ4v) is 2.02. The van der Waals surface area contributed by atoms with Crippen LogP contribution >= 0.6 is 0 Å². The lowest BCUT2D eigenvalue weighted by Gasteiger charge is -1.99. The van der Waals surface area contributed by atoms with Crippen molar-refractivity contribution in [3.63, 3.8) is 0 Å². The summed E-state index contributed by atoms with van der Waals surface area (Å²) in [5, 5.41) is 7.12. The standard InChI is InChI=1S/C14H12N4O.C2HF3O2/c1-9-4-2-3-5-10(9)11-7-18-8-12(14(15)19)16-6-13(18)17-11;3-2(4,5)1(6)7/h2-8H,1H3,(H2,15,19);(H,6,7). The highest BCUT2D eigenvalue weighted by Crippen LogP contribution is 2.22. The second-order valence-corrected chi connectivity index (χ2v) is 5.15. The van der Waals surface area contributed by atoms with E-state index in [4.69, 9.17) is 15.6 Å². The minimum Gasteiger partial charge on any atom is -0.475 e. The summed E-state index contributed by atoms with van der Waals surface area (Å²) in [6, 6.07) is 8.01. The maximum atomic E-state index is 11.1. The molecule has 1 aromatic carbocycles. The second-order valence-electron chi connectivity index (χ2n) is 5.15. The number of aliphatic carboxylic acids is 1. The van der Waals surface area contributed by atoms with Crippen molar-refractivity contribution in [2.75, 3.05) is 0 Å². The number of fused-ring (bicyclic) bond motifs is 1. The number of nitrogens with two attached hydrogens (primary N) is 1. The highest BCUT2D eigenvalue weighted by atomic mass is 19.4. The highest BCUT2D eigenvalue weighted by molar-refractivity contribution is 5.90. The molecule has 10 heteroatoms. The van der Waals surface area contributed by atoms with Crippen molar-refractivity contribution >= 4 is 17.5 Å². The van der Waals surface area contributed by atoms with Crippen molar-refractivity contribution in [3.05, 3.63) is 54.1 Å². The summed E-state index contributed by atoms with van der Waals surface area (Å²) in [6.45, 7) is 2.03. The average Bonchev–Trinajstić information content (AvgIpc) is 2.97. The molecule has 0 aliphatic carbocycles. The van der Waals surface area contributed by atoms with Crippen LogP contribution in [-0.2, 0) is 4.79 Å². The zero-order valence-electron chi connectivity index (χ0n) is 13.4. The number of carboxylic acid groups (broad SMARTS) is 1. The van der Waals surface area contributed by atoms with Gasteiger partial charge in [0.1, 0.15) is 5.69 Å². The van der Waals surface area contributed by atoms with E-state index in [1.54, 1.807) is 16.8 Å². The first-order valence-electron chi connectivity index (χ1n) is 7.10. The summed E-state index contributed by atoms with van der Waals surface area (Å²) < 4.78 is 33.5. The number of imidazole rings is 1. The third-order valence-electron chi connectivity index (χ3n) is 3.26. The van der Waals surface area contributed by atoms with Gasteiger partial charge in [-0.2, -0.15) is 13.2 Å². The quantitative estimate of drug-likeness (QED) is 0.724. The second kappa shape index (κ2) is 7.21. The summed E-state index contributed by atoms with van der Waals surface area (Å²) in [7, 11) is 0. The summed E-state index contributed by atoms with van der Waals surface area (Å²) in [4.78, 5) is 28.5. The van der Waals surface area contributed by atoms with Crippen LogP contribution in [0.15, 0.2) is 42.9 Å². The molecule has 3 aromatic rings. The summed E-state index contributed by atoms with van der Waals surface area (Å²) in [5.74, 6) is -3.31. The highest BCUT2D eigenvalue weighted by Gasteiger charge is 2.38. The Morgan fingerprint density at radius 1 is 1.19 bits per heavy atom. The number of amides is 1. The topological polar surface area (TPSA) is 111 Å². The molecule has 3 N–H and O–H groups in total. The van der Waals surface area contributed by atoms with Gasteiger partial charge in [0.25, 0.3) is 5.91 Å². The largest absolute Gasteiger partial charge is 0.490 e. The number of carbonyl (C=O) groups is 2. The molecule has 0 unspecified atom stereocenters. The number of carboxylic acids is 1. The van der Waals surface area contributed by atoms with Gasteiger partial charge in [-0.15, -0.1) is 0 Å². The van der Waals surface area contributed by atoms with Crippen LogP contribution in [0.25, 0.3) is 16.9 Å². The van der Waals surface area contributed by atoms with E-state index in [0.29, 0.717) is 5.65 Å². The van der Waals surface area contributed by atoms with Gasteiger partial charge in [0.15, 0.2) is 5.65 Å². The van der Waals surface area contributed by atoms with E-state index < -0.39 is 18.1 Å². The van der Waals surface area contributed by atoms with Gasteiger partial charge in [-0.05, 0) is 12.5 Å². The average molecular weight is 366 g/mol. The smallest absolute Gasteiger partial charge is 0.475 e. The zero-order valence-corrected chi connectivity index (χ0v) is 13.4. The lowest BCUT2D eigenvalue weighted by atomic mass is 10.1. The lowest BCUT2D eigenvalue weighted by molar-refractivity contribution is -0.192. The number of hydrogen-bond acceptors (Lipinski definition) is 4. The van der Waals surface area contributed by atoms with E-state index in [0.717, 1.165) is 16.8 Å². The van der Waals surface area contributed by atoms with E-state index in [2.05, 4.69) is 9.97 Å². The summed E-state index contributed by atoms with van der Waals surface area (Å²) in [6.07, 6.45) is -0.0832. The summed E-state index contributed by atoms with van der Waals surface area (Å²) in [5.41, 5.74) is 9.18. The molecule has 0 spiro atoms. The maximum absolute atomic E-state index is 11.1. The molecular formula is C16H13F3N4O3. The Morgan fingerprint density at radius 2 is 1.81 bits per heavy atom. The molecule has 0 fully saturated rings. The van der Waals surface area contributed by atoms with Gasteiger partial charge < -0.3 is 15.2 Å². The number of primary amides is 1. The van der Waals surface area contributed by atoms with E-state index in [1.165, 1.54) is 0 Å². The van der Waals surface area contributed by atoms with Crippen LogP contribution in [0.5, 0.6) is 0 Å². The molecule has 7 nitrogen and oxygen atoms in total. The zero-order chi connectivity index (χ0) is 19.5. The first-order chi connectivity index (χ1) is 12.1. The molecule has 0 aliphatic rings. The third-order valence-corrected chi connectivity index (χ3v) is 3.26. The molecule has 0 saturated carbocycles. The molecular weight excluding hydrogens is 353 g/mol. The predicted molar refractivity (Wildman–Crippen MR) is 85.4 cm³/mol. The molecule has 26 heavy (non-hydrogen) atoms. The summed E-state index contributed by atoms with van der Waals surface area (Å²) >= 11 is 0. The normalized spacial score (nSPS) is 10.9. The fourth-order valence-electron chi connectivity index (χ4n) is 2.02. The van der Waals surface area contributed by atoms with Crippen molar-refractivity contribution < 1.29 is 27.9 Å². The van der Waals surface area contributed by atoms with E-state index in [-0.39, 0.29) is 5.69 Å². The number of hydrogen-bond donors (Lipinski definition) is 2. The first kappa shape index (κ1) is 18.9. The minimum absolute atomic E-state index is 0.223. The fraction of sp³-hybridized carbons (Fsp3) is 0.125. The number of carbonyl (C=O) groups excluding carboxylic acids is 1. The van der Waals surface area contributed by atoms with Gasteiger partial charge >= 0.3 is 12.1 Å². The molecule has 2 aromatic heterocycles. The Bertz CT molecular complexity index is 967. The SMILES string of the molecule is Cc1ccccc1-c1cn2cc(C(N)=O)ncc2n1.O=C(O)C(F)(F)F. The van der Waals surface area contributed by atoms with Crippen molar-refractivity contribution in [2.45, 2.75) is 13.1 Å². The van der Waals surface area contributed by atoms with Crippen LogP contribution in [0, 0.1) is 6.92 Å². The van der Waals surface area contributed by atoms with Crippen molar-refractivity contribution in [1.29, 1.82) is 0 Å². The maximum Gasteiger partial charge on any atom is 0.490 e. The third kappa shape index (κ3) is 4.35. The molecule has 136 valence electrons. The molecule has 0 bridgehead atoms. The van der Waals surface area contributed by atoms with E-state index >= 15 is 0 Å². The van der Waals surface area contributed by atoms with E-state index in [1.807, 2.05) is 37.4 Å². The van der Waals surface area contributed by atoms with Gasteiger partial charge in [0, 0.05) is 18.0 Å². The van der Waals surface area contributed by atoms with Crippen LogP contribution in [0.3, 0.4) is 0 Å². The monoisotopic (exact) mass is 366 g/mol. The van der Waals surface area contributed by atoms with Crippen LogP contribution in [0.1, 0.15) is 16.1 Å². The Hall–Kier alpha value is -3.43. The van der Waals surface area contributed by atoms with Crippen LogP contribution in [0.2, 0.25) is 0 Å². The number of rotatable bonds is 2. The Kier molecular flexibility index (Phi) is 5.24. The van der Waals surface area contributed by atoms with Crippen LogP contribution < -0.4 is 5.73 Å². The molecule has 2 heterocycles. The predicted octanol–water partition coefficient (Wildman–Crippen LogP) is 2.44. The number of aromatic nitrogens is 3. The van der Waals surface area contributed by atoms with Crippen molar-refractivity contribution in [3.8, 4) is 11.3 Å². The van der Waals surface area contributed by atoms with E-state index in [9.17, 15) is 18.0 Å². The van der Waals surface area contributed by atoms with Gasteiger partial charge in [0.2, 0.25) is 0 Å². The van der Waals surface area contributed by atoms with Crippen LogP contribution in [0.4, 0.5) is 13.2 Å². The number of halogens is 3. The number of nitrogens with zero attached hydrogens (tertiary/aromatic N) is 3. The van der Waals surface area contributed by atoms with Gasteiger partial charge in [-0.25, -0.2) is 14.8 Å². The van der Waals surface area contributed by atoms with Gasteiger partial charge in [-0.3, -0.25) is 4.79 Å². The number of benzene rings is 1. The molecule has 0 atom stereocenters. The Balaban J connectivity index is 0.000000298. The molecule has 1 amide bonds. The van der Waals surface area contributed by atoms with Crippen molar-refractivity contribution in [1.82, 2.24) is 14.4 Å². The Labute approximate surface area is 144 Å². The number of aryl methyl sites for hydroxylation is 1. The van der Waals surface area contributed by atoms with Gasteiger partial charge in [0.05, 0.1) is 11.9 Å². The first-order valence-corrected chi connectivity index (χ1v) is 7.10.